The molecule has 0 saturated carbocycles. The molecule has 0 aliphatic heterocycles. The number of allylic oxidation sites excluding steroid dienone is 2. The normalized spacial score (nSPS) is 17.1. The number of halogens is 2. The second-order valence-corrected chi connectivity index (χ2v) is 14.1. The average Bonchev–Trinajstić information content (AvgIpc) is 3.76. The van der Waals surface area contributed by atoms with Gasteiger partial charge < -0.3 is 10.2 Å². The summed E-state index contributed by atoms with van der Waals surface area (Å²) in [6.45, 7) is 0. The van der Waals surface area contributed by atoms with Crippen molar-refractivity contribution in [3.63, 3.8) is 0 Å². The van der Waals surface area contributed by atoms with E-state index in [9.17, 15) is 10.2 Å². The van der Waals surface area contributed by atoms with Crippen LogP contribution in [0.5, 0.6) is 11.5 Å². The Morgan fingerprint density at radius 3 is 1.43 bits per heavy atom. The topological polar surface area (TPSA) is 97.8 Å². The highest BCUT2D eigenvalue weighted by molar-refractivity contribution is 9.10. The van der Waals surface area contributed by atoms with Gasteiger partial charge in [-0.2, -0.15) is 10.2 Å². The maximum atomic E-state index is 11.2. The number of nitrogens with one attached hydrogen (secondary N) is 2. The molecule has 8 heteroatoms. The Hall–Kier alpha value is -4.66. The number of aromatic hydroxyl groups is 2. The van der Waals surface area contributed by atoms with E-state index in [2.05, 4.69) is 125 Å². The molecule has 232 valence electrons. The van der Waals surface area contributed by atoms with E-state index in [1.54, 1.807) is 12.1 Å². The van der Waals surface area contributed by atoms with E-state index in [0.29, 0.717) is 6.42 Å². The van der Waals surface area contributed by atoms with Crippen molar-refractivity contribution in [2.45, 2.75) is 31.1 Å². The van der Waals surface area contributed by atoms with Crippen molar-refractivity contribution in [2.24, 2.45) is 0 Å². The molecule has 47 heavy (non-hydrogen) atoms. The maximum absolute atomic E-state index is 11.2. The molecule has 0 amide bonds. The molecule has 2 atom stereocenters. The van der Waals surface area contributed by atoms with Crippen LogP contribution in [0.4, 0.5) is 0 Å². The van der Waals surface area contributed by atoms with Gasteiger partial charge in [-0.1, -0.05) is 80.4 Å². The Morgan fingerprint density at radius 1 is 0.574 bits per heavy atom. The molecule has 0 fully saturated rings. The minimum Gasteiger partial charge on any atom is -0.508 e. The summed E-state index contributed by atoms with van der Waals surface area (Å²) in [5.41, 5.74) is 12.7. The third kappa shape index (κ3) is 5.77. The Balaban J connectivity index is 1.10. The lowest BCUT2D eigenvalue weighted by Gasteiger charge is -2.25. The first kappa shape index (κ1) is 29.7. The minimum atomic E-state index is -0.0479. The molecule has 2 heterocycles. The van der Waals surface area contributed by atoms with Gasteiger partial charge in [0, 0.05) is 43.0 Å². The van der Waals surface area contributed by atoms with Gasteiger partial charge in [-0.15, -0.1) is 0 Å². The second-order valence-electron chi connectivity index (χ2n) is 12.3. The third-order valence-corrected chi connectivity index (χ3v) is 10.5. The molecule has 6 aromatic rings. The number of H-pyrrole nitrogens is 2. The van der Waals surface area contributed by atoms with Crippen molar-refractivity contribution in [1.82, 2.24) is 20.4 Å². The van der Waals surface area contributed by atoms with Gasteiger partial charge in [-0.25, -0.2) is 0 Å². The zero-order chi connectivity index (χ0) is 32.1. The zero-order valence-corrected chi connectivity index (χ0v) is 28.4. The van der Waals surface area contributed by atoms with Crippen molar-refractivity contribution in [2.75, 3.05) is 0 Å². The van der Waals surface area contributed by atoms with Gasteiger partial charge in [0.15, 0.2) is 0 Å². The summed E-state index contributed by atoms with van der Waals surface area (Å²) in [4.78, 5) is 0. The van der Waals surface area contributed by atoms with Crippen molar-refractivity contribution < 1.29 is 10.2 Å². The number of hydrogen-bond acceptors (Lipinski definition) is 4. The Bertz CT molecular complexity index is 2020. The van der Waals surface area contributed by atoms with Crippen molar-refractivity contribution >= 4 is 55.2 Å². The molecule has 0 saturated heterocycles. The molecule has 4 N–H and O–H groups in total. The van der Waals surface area contributed by atoms with E-state index in [1.165, 1.54) is 11.1 Å². The van der Waals surface area contributed by atoms with Crippen LogP contribution in [0.15, 0.2) is 106 Å². The lowest BCUT2D eigenvalue weighted by molar-refractivity contribution is 0.464. The van der Waals surface area contributed by atoms with Crippen LogP contribution in [-0.4, -0.2) is 30.6 Å². The van der Waals surface area contributed by atoms with E-state index in [4.69, 9.17) is 0 Å². The van der Waals surface area contributed by atoms with Crippen LogP contribution >= 0.6 is 31.9 Å². The van der Waals surface area contributed by atoms with Crippen LogP contribution in [0.25, 0.3) is 23.3 Å². The number of rotatable bonds is 6. The quantitative estimate of drug-likeness (QED) is 0.137. The molecular formula is C39H30Br2N4O2. The van der Waals surface area contributed by atoms with Crippen molar-refractivity contribution in [3.05, 3.63) is 162 Å². The van der Waals surface area contributed by atoms with Gasteiger partial charge in [0.05, 0.1) is 23.8 Å². The summed E-state index contributed by atoms with van der Waals surface area (Å²) in [7, 11) is 0. The number of fused-ring (bicyclic) bond motifs is 2. The number of benzene rings is 4. The maximum Gasteiger partial charge on any atom is 0.119 e. The summed E-state index contributed by atoms with van der Waals surface area (Å²) in [6, 6.07) is 28.5. The van der Waals surface area contributed by atoms with Crippen LogP contribution in [0.1, 0.15) is 80.6 Å². The van der Waals surface area contributed by atoms with Crippen LogP contribution in [-0.2, 0) is 6.42 Å². The average molecular weight is 747 g/mol. The second kappa shape index (κ2) is 12.2. The van der Waals surface area contributed by atoms with Gasteiger partial charge in [0.2, 0.25) is 0 Å². The van der Waals surface area contributed by atoms with E-state index < -0.39 is 0 Å². The molecule has 8 rings (SSSR count). The van der Waals surface area contributed by atoms with Crippen molar-refractivity contribution in [1.29, 1.82) is 0 Å². The first-order chi connectivity index (χ1) is 22.9. The zero-order valence-electron chi connectivity index (χ0n) is 25.2. The standard InChI is InChI=1S/C39H30Br2N4O2/c40-28-7-3-24(4-8-28)26-16-30(34-20-42-44-36(34)18-26)32-14-22(1-11-38(32)46)13-23-2-12-39(47)33(15-23)31-17-27(19-37-35(31)21-43-45-37)25-5-9-29(41)10-6-25/h1-12,14-15,18-21,30-31,46-47H,13,16-17H2,(H,42,44)(H,43,45). The number of nitrogens with zero attached hydrogens (tertiary/aromatic N) is 2. The molecule has 2 unspecified atom stereocenters. The predicted molar refractivity (Wildman–Crippen MR) is 193 cm³/mol. The van der Waals surface area contributed by atoms with Gasteiger partial charge in [0.1, 0.15) is 11.5 Å². The van der Waals surface area contributed by atoms with Crippen LogP contribution in [0.3, 0.4) is 0 Å². The smallest absolute Gasteiger partial charge is 0.119 e. The third-order valence-electron chi connectivity index (χ3n) is 9.41. The summed E-state index contributed by atoms with van der Waals surface area (Å²) >= 11 is 7.08. The van der Waals surface area contributed by atoms with Crippen molar-refractivity contribution in [3.8, 4) is 11.5 Å². The number of aromatic amines is 2. The molecule has 6 nitrogen and oxygen atoms in total. The van der Waals surface area contributed by atoms with Gasteiger partial charge in [-0.05, 0) is 101 Å². The summed E-state index contributed by atoms with van der Waals surface area (Å²) in [5.74, 6) is 0.453. The van der Waals surface area contributed by atoms with Crippen LogP contribution in [0.2, 0.25) is 0 Å². The largest absolute Gasteiger partial charge is 0.508 e. The van der Waals surface area contributed by atoms with E-state index in [-0.39, 0.29) is 23.3 Å². The number of aromatic nitrogens is 4. The Morgan fingerprint density at radius 2 is 1.00 bits per heavy atom. The van der Waals surface area contributed by atoms with Gasteiger partial charge in [0.25, 0.3) is 0 Å². The number of phenols is 2. The molecule has 0 spiro atoms. The Labute approximate surface area is 289 Å². The van der Waals surface area contributed by atoms with E-state index in [1.807, 2.05) is 24.5 Å². The molecule has 2 aromatic heterocycles. The Kier molecular flexibility index (Phi) is 7.70. The van der Waals surface area contributed by atoms with Gasteiger partial charge >= 0.3 is 0 Å². The van der Waals surface area contributed by atoms with E-state index in [0.717, 1.165) is 77.7 Å². The highest BCUT2D eigenvalue weighted by atomic mass is 79.9. The summed E-state index contributed by atoms with van der Waals surface area (Å²) in [6.07, 6.45) is 10.2. The molecule has 4 aromatic carbocycles. The number of phenolic OH excluding ortho intramolecular Hbond substituents is 2. The highest BCUT2D eigenvalue weighted by Gasteiger charge is 2.29. The molecule has 2 aliphatic carbocycles. The predicted octanol–water partition coefficient (Wildman–Crippen LogP) is 9.81. The lowest BCUT2D eigenvalue weighted by atomic mass is 9.78. The van der Waals surface area contributed by atoms with Gasteiger partial charge in [-0.3, -0.25) is 10.2 Å². The summed E-state index contributed by atoms with van der Waals surface area (Å²) < 4.78 is 2.07. The fourth-order valence-electron chi connectivity index (χ4n) is 7.03. The lowest BCUT2D eigenvalue weighted by Crippen LogP contribution is -2.09. The first-order valence-corrected chi connectivity index (χ1v) is 17.1. The SMILES string of the molecule is Oc1ccc(Cc2ccc(O)c(C3CC(c4ccc(Br)cc4)=Cc4[nH]ncc43)c2)cc1C1CC(c2ccc(Br)cc2)=Cc2[nH]ncc21. The highest BCUT2D eigenvalue weighted by Crippen LogP contribution is 2.46. The minimum absolute atomic E-state index is 0.0479. The first-order valence-electron chi connectivity index (χ1n) is 15.5. The molecular weight excluding hydrogens is 716 g/mol. The fraction of sp³-hybridized carbons (Fsp3) is 0.128. The molecule has 0 radical (unpaired) electrons. The fourth-order valence-corrected chi connectivity index (χ4v) is 7.56. The van der Waals surface area contributed by atoms with Crippen LogP contribution < -0.4 is 0 Å². The monoisotopic (exact) mass is 744 g/mol. The van der Waals surface area contributed by atoms with E-state index >= 15 is 0 Å². The molecule has 0 bridgehead atoms. The molecule has 2 aliphatic rings. The van der Waals surface area contributed by atoms with Crippen LogP contribution in [0, 0.1) is 0 Å². The number of hydrogen-bond donors (Lipinski definition) is 4. The summed E-state index contributed by atoms with van der Waals surface area (Å²) in [5, 5.41) is 37.3.